The van der Waals surface area contributed by atoms with Crippen molar-refractivity contribution in [1.82, 2.24) is 0 Å². The van der Waals surface area contributed by atoms with E-state index in [4.69, 9.17) is 14.2 Å². The van der Waals surface area contributed by atoms with Gasteiger partial charge in [0, 0.05) is 19.3 Å². The van der Waals surface area contributed by atoms with E-state index in [9.17, 15) is 14.4 Å². The molecular formula is C75H136O6. The molecule has 0 fully saturated rings. The van der Waals surface area contributed by atoms with Crippen molar-refractivity contribution in [2.75, 3.05) is 13.2 Å². The first-order valence-corrected chi connectivity index (χ1v) is 35.8. The number of rotatable bonds is 66. The van der Waals surface area contributed by atoms with Gasteiger partial charge in [0.1, 0.15) is 13.2 Å². The molecular weight excluding hydrogens is 997 g/mol. The molecule has 0 radical (unpaired) electrons. The molecule has 0 aliphatic heterocycles. The van der Waals surface area contributed by atoms with Gasteiger partial charge >= 0.3 is 17.9 Å². The molecule has 6 nitrogen and oxygen atoms in total. The number of unbranched alkanes of at least 4 members (excludes halogenated alkanes) is 45. The number of hydrogen-bond acceptors (Lipinski definition) is 6. The summed E-state index contributed by atoms with van der Waals surface area (Å²) in [5, 5.41) is 0. The lowest BCUT2D eigenvalue weighted by Gasteiger charge is -2.18. The molecule has 0 rings (SSSR count). The van der Waals surface area contributed by atoms with Crippen LogP contribution in [0.2, 0.25) is 0 Å². The molecule has 0 aliphatic carbocycles. The van der Waals surface area contributed by atoms with E-state index in [-0.39, 0.29) is 31.1 Å². The van der Waals surface area contributed by atoms with Crippen molar-refractivity contribution in [1.29, 1.82) is 0 Å². The first kappa shape index (κ1) is 78.1. The van der Waals surface area contributed by atoms with Gasteiger partial charge in [-0.3, -0.25) is 14.4 Å². The lowest BCUT2D eigenvalue weighted by atomic mass is 10.0. The van der Waals surface area contributed by atoms with Crippen LogP contribution >= 0.6 is 0 Å². The average molecular weight is 1130 g/mol. The number of esters is 3. The van der Waals surface area contributed by atoms with Gasteiger partial charge in [0.2, 0.25) is 0 Å². The fourth-order valence-electron chi connectivity index (χ4n) is 10.7. The van der Waals surface area contributed by atoms with Crippen LogP contribution in [0.3, 0.4) is 0 Å². The van der Waals surface area contributed by atoms with Crippen LogP contribution in [0.15, 0.2) is 60.8 Å². The molecule has 81 heavy (non-hydrogen) atoms. The van der Waals surface area contributed by atoms with Gasteiger partial charge in [0.25, 0.3) is 0 Å². The summed E-state index contributed by atoms with van der Waals surface area (Å²) in [5.41, 5.74) is 0. The van der Waals surface area contributed by atoms with Gasteiger partial charge in [0.15, 0.2) is 6.10 Å². The van der Waals surface area contributed by atoms with E-state index >= 15 is 0 Å². The highest BCUT2D eigenvalue weighted by Gasteiger charge is 2.19. The Hall–Kier alpha value is -2.89. The Balaban J connectivity index is 4.08. The van der Waals surface area contributed by atoms with Crippen molar-refractivity contribution < 1.29 is 28.6 Å². The molecule has 0 heterocycles. The predicted octanol–water partition coefficient (Wildman–Crippen LogP) is 24.7. The minimum absolute atomic E-state index is 0.0700. The zero-order valence-electron chi connectivity index (χ0n) is 54.3. The van der Waals surface area contributed by atoms with Crippen LogP contribution in [-0.4, -0.2) is 37.2 Å². The van der Waals surface area contributed by atoms with Crippen molar-refractivity contribution >= 4 is 17.9 Å². The van der Waals surface area contributed by atoms with Gasteiger partial charge in [0.05, 0.1) is 0 Å². The largest absolute Gasteiger partial charge is 0.462 e. The molecule has 472 valence electrons. The Morgan fingerprint density at radius 1 is 0.259 bits per heavy atom. The van der Waals surface area contributed by atoms with Crippen LogP contribution in [0.1, 0.15) is 380 Å². The van der Waals surface area contributed by atoms with Crippen molar-refractivity contribution in [2.45, 2.75) is 386 Å². The second-order valence-electron chi connectivity index (χ2n) is 24.1. The molecule has 0 spiro atoms. The maximum absolute atomic E-state index is 12.9. The van der Waals surface area contributed by atoms with Crippen molar-refractivity contribution in [3.8, 4) is 0 Å². The third kappa shape index (κ3) is 67.8. The second-order valence-corrected chi connectivity index (χ2v) is 24.1. The lowest BCUT2D eigenvalue weighted by molar-refractivity contribution is -0.167. The summed E-state index contributed by atoms with van der Waals surface area (Å²) in [4.78, 5) is 38.3. The number of allylic oxidation sites excluding steroid dienone is 10. The normalized spacial score (nSPS) is 12.4. The van der Waals surface area contributed by atoms with E-state index in [1.54, 1.807) is 0 Å². The first-order chi connectivity index (χ1) is 40.0. The van der Waals surface area contributed by atoms with Gasteiger partial charge in [-0.2, -0.15) is 0 Å². The Kier molecular flexibility index (Phi) is 67.1. The Morgan fingerprint density at radius 3 is 0.753 bits per heavy atom. The van der Waals surface area contributed by atoms with E-state index in [0.717, 1.165) is 89.9 Å². The highest BCUT2D eigenvalue weighted by Crippen LogP contribution is 2.19. The first-order valence-electron chi connectivity index (χ1n) is 35.8. The molecule has 1 unspecified atom stereocenters. The summed E-state index contributed by atoms with van der Waals surface area (Å²) >= 11 is 0. The fraction of sp³-hybridized carbons (Fsp3) is 0.827. The fourth-order valence-corrected chi connectivity index (χ4v) is 10.7. The van der Waals surface area contributed by atoms with E-state index < -0.39 is 6.10 Å². The van der Waals surface area contributed by atoms with Crippen LogP contribution < -0.4 is 0 Å². The Morgan fingerprint density at radius 2 is 0.481 bits per heavy atom. The van der Waals surface area contributed by atoms with Gasteiger partial charge in [-0.1, -0.05) is 358 Å². The van der Waals surface area contributed by atoms with Gasteiger partial charge in [-0.25, -0.2) is 0 Å². The quantitative estimate of drug-likeness (QED) is 0.0261. The average Bonchev–Trinajstić information content (AvgIpc) is 3.47. The molecule has 0 aromatic heterocycles. The third-order valence-electron chi connectivity index (χ3n) is 16.0. The summed E-state index contributed by atoms with van der Waals surface area (Å²) in [7, 11) is 0. The van der Waals surface area contributed by atoms with Crippen LogP contribution in [-0.2, 0) is 28.6 Å². The molecule has 1 atom stereocenters. The van der Waals surface area contributed by atoms with Crippen molar-refractivity contribution in [3.63, 3.8) is 0 Å². The molecule has 0 saturated carbocycles. The monoisotopic (exact) mass is 1130 g/mol. The van der Waals surface area contributed by atoms with E-state index in [1.807, 2.05) is 0 Å². The van der Waals surface area contributed by atoms with Gasteiger partial charge < -0.3 is 14.2 Å². The van der Waals surface area contributed by atoms with Crippen LogP contribution in [0.4, 0.5) is 0 Å². The van der Waals surface area contributed by atoms with Crippen molar-refractivity contribution in [2.24, 2.45) is 0 Å². The maximum Gasteiger partial charge on any atom is 0.306 e. The lowest BCUT2D eigenvalue weighted by Crippen LogP contribution is -2.30. The zero-order valence-corrected chi connectivity index (χ0v) is 54.3. The van der Waals surface area contributed by atoms with E-state index in [0.29, 0.717) is 19.3 Å². The molecule has 0 amide bonds. The second kappa shape index (κ2) is 69.6. The summed E-state index contributed by atoms with van der Waals surface area (Å²) in [6.07, 6.45) is 89.9. The molecule has 0 saturated heterocycles. The van der Waals surface area contributed by atoms with Crippen molar-refractivity contribution in [3.05, 3.63) is 60.8 Å². The SMILES string of the molecule is CC/C=C\C/C=C\C/C=C\C/C=C\C/C=C\CCCCCCCCCCCCCC(=O)OC(COC(=O)CCCCCCCCCC)COC(=O)CCCCCCCCCCCCCCCCCCCCCCCCCCCCCC. The smallest absolute Gasteiger partial charge is 0.306 e. The molecule has 0 bridgehead atoms. The van der Waals surface area contributed by atoms with Gasteiger partial charge in [-0.05, 0) is 64.2 Å². The third-order valence-corrected chi connectivity index (χ3v) is 16.0. The molecule has 0 aromatic carbocycles. The topological polar surface area (TPSA) is 78.9 Å². The van der Waals surface area contributed by atoms with Crippen LogP contribution in [0.5, 0.6) is 0 Å². The van der Waals surface area contributed by atoms with Gasteiger partial charge in [-0.15, -0.1) is 0 Å². The minimum Gasteiger partial charge on any atom is -0.462 e. The van der Waals surface area contributed by atoms with Crippen LogP contribution in [0, 0.1) is 0 Å². The Bertz CT molecular complexity index is 1440. The summed E-state index contributed by atoms with van der Waals surface area (Å²) in [5.74, 6) is -0.855. The number of carbonyl (C=O) groups is 3. The Labute approximate surface area is 504 Å². The minimum atomic E-state index is -0.772. The summed E-state index contributed by atoms with van der Waals surface area (Å²) < 4.78 is 16.9. The highest BCUT2D eigenvalue weighted by molar-refractivity contribution is 5.71. The maximum atomic E-state index is 12.9. The standard InChI is InChI=1S/C75H136O6/c1-4-7-10-13-16-19-21-23-25-27-29-31-33-35-37-39-40-42-44-46-48-50-52-54-56-59-62-65-68-74(77)80-71-72(70-79-73(76)67-64-61-58-18-15-12-9-6-3)81-75(78)69-66-63-60-57-55-53-51-49-47-45-43-41-38-36-34-32-30-28-26-24-22-20-17-14-11-8-5-2/h8,11,17,20,24,26,30,32,36,38,72H,4-7,9-10,12-16,18-19,21-23,25,27-29,31,33-35,37,39-71H2,1-3H3/b11-8-,20-17-,26-24-,32-30-,38-36-. The molecule has 0 N–H and O–H groups in total. The van der Waals surface area contributed by atoms with Crippen LogP contribution in [0.25, 0.3) is 0 Å². The summed E-state index contributed by atoms with van der Waals surface area (Å²) in [6.45, 7) is 6.56. The predicted molar refractivity (Wildman–Crippen MR) is 353 cm³/mol. The molecule has 6 heteroatoms. The number of hydrogen-bond donors (Lipinski definition) is 0. The number of ether oxygens (including phenoxy) is 3. The zero-order chi connectivity index (χ0) is 58.5. The molecule has 0 aliphatic rings. The van der Waals surface area contributed by atoms with E-state index in [1.165, 1.54) is 250 Å². The molecule has 0 aromatic rings. The highest BCUT2D eigenvalue weighted by atomic mass is 16.6. The summed E-state index contributed by atoms with van der Waals surface area (Å²) in [6, 6.07) is 0. The van der Waals surface area contributed by atoms with E-state index in [2.05, 4.69) is 81.5 Å². The number of carbonyl (C=O) groups excluding carboxylic acids is 3.